The number of pyridine rings is 1. The molecule has 3 atom stereocenters. The van der Waals surface area contributed by atoms with Gasteiger partial charge >= 0.3 is 17.9 Å². The van der Waals surface area contributed by atoms with Crippen LogP contribution in [-0.2, 0) is 45.5 Å². The van der Waals surface area contributed by atoms with E-state index in [9.17, 15) is 19.5 Å². The number of nitrogens with zero attached hydrogens (tertiary/aromatic N) is 1. The summed E-state index contributed by atoms with van der Waals surface area (Å²) in [6, 6.07) is 22.4. The number of aryl methyl sites for hydroxylation is 1. The predicted molar refractivity (Wildman–Crippen MR) is 202 cm³/mol. The zero-order valence-electron chi connectivity index (χ0n) is 31.6. The molecule has 0 saturated heterocycles. The van der Waals surface area contributed by atoms with E-state index in [0.717, 1.165) is 11.1 Å². The van der Waals surface area contributed by atoms with Crippen molar-refractivity contribution in [3.63, 3.8) is 0 Å². The van der Waals surface area contributed by atoms with E-state index in [1.54, 1.807) is 46.8 Å². The fourth-order valence-corrected chi connectivity index (χ4v) is 6.89. The van der Waals surface area contributed by atoms with Crippen molar-refractivity contribution in [2.24, 2.45) is 10.8 Å². The second kappa shape index (κ2) is 20.6. The SMILES string of the molecule is CC(C)(CC(C)(CC(C)(Br)C(=O)OCCC[n+]1ccccc1)C(=O)OCCOCCO)C(=O)OCCCOc1ccc(C(C)(O)c2ccccc2)cc1. The van der Waals surface area contributed by atoms with Crippen LogP contribution in [0.4, 0.5) is 0 Å². The van der Waals surface area contributed by atoms with Crippen LogP contribution in [0.5, 0.6) is 5.75 Å². The van der Waals surface area contributed by atoms with Gasteiger partial charge in [0.05, 0.1) is 50.5 Å². The van der Waals surface area contributed by atoms with Gasteiger partial charge in [0, 0.05) is 25.0 Å². The van der Waals surface area contributed by atoms with Crippen molar-refractivity contribution in [1.29, 1.82) is 0 Å². The molecule has 3 unspecified atom stereocenters. The van der Waals surface area contributed by atoms with Crippen molar-refractivity contribution in [1.82, 2.24) is 0 Å². The molecule has 0 amide bonds. The summed E-state index contributed by atoms with van der Waals surface area (Å²) < 4.78 is 28.6. The molecule has 0 aliphatic rings. The minimum absolute atomic E-state index is 0.0177. The fraction of sp³-hybridized carbons (Fsp3) is 0.512. The molecule has 11 nitrogen and oxygen atoms in total. The summed E-state index contributed by atoms with van der Waals surface area (Å²) in [5.41, 5.74) is -2.08. The number of esters is 3. The fourth-order valence-electron chi connectivity index (χ4n) is 6.15. The number of halogens is 1. The van der Waals surface area contributed by atoms with E-state index in [2.05, 4.69) is 15.9 Å². The van der Waals surface area contributed by atoms with Gasteiger partial charge < -0.3 is 33.9 Å². The van der Waals surface area contributed by atoms with Gasteiger partial charge in [0.15, 0.2) is 18.9 Å². The molecule has 53 heavy (non-hydrogen) atoms. The average molecular weight is 802 g/mol. The van der Waals surface area contributed by atoms with E-state index in [1.165, 1.54) is 0 Å². The van der Waals surface area contributed by atoms with Crippen LogP contribution in [0.3, 0.4) is 0 Å². The van der Waals surface area contributed by atoms with Gasteiger partial charge in [0.2, 0.25) is 0 Å². The molecule has 0 fully saturated rings. The van der Waals surface area contributed by atoms with Crippen molar-refractivity contribution in [2.45, 2.75) is 76.8 Å². The summed E-state index contributed by atoms with van der Waals surface area (Å²) in [5, 5.41) is 20.0. The number of alkyl halides is 1. The molecule has 290 valence electrons. The number of rotatable bonds is 23. The lowest BCUT2D eigenvalue weighted by Gasteiger charge is -2.37. The summed E-state index contributed by atoms with van der Waals surface area (Å²) in [4.78, 5) is 40.2. The molecule has 12 heteroatoms. The average Bonchev–Trinajstić information content (AvgIpc) is 3.13. The van der Waals surface area contributed by atoms with Crippen LogP contribution in [0.15, 0.2) is 85.2 Å². The largest absolute Gasteiger partial charge is 0.493 e. The number of aliphatic hydroxyl groups is 2. The second-order valence-electron chi connectivity index (χ2n) is 14.4. The van der Waals surface area contributed by atoms with Crippen molar-refractivity contribution < 1.29 is 52.8 Å². The standard InChI is InChI=1S/C41H55BrNO10/c1-38(2,35(45)51-26-13-25-50-34-18-16-33(17-19-34)41(5,48)32-14-8-6-9-15-32)30-39(3,36(46)53-29-28-49-27-23-44)31-40(4,42)37(47)52-24-12-22-43-20-10-7-11-21-43/h6-11,14-21,44,48H,12-13,22-31H2,1-5H3/q+1. The smallest absolute Gasteiger partial charge is 0.322 e. The molecular weight excluding hydrogens is 746 g/mol. The topological polar surface area (TPSA) is 142 Å². The van der Waals surface area contributed by atoms with Crippen LogP contribution in [0.2, 0.25) is 0 Å². The van der Waals surface area contributed by atoms with Crippen LogP contribution in [0.1, 0.15) is 71.4 Å². The van der Waals surface area contributed by atoms with Crippen molar-refractivity contribution in [2.75, 3.05) is 46.2 Å². The minimum Gasteiger partial charge on any atom is -0.493 e. The lowest BCUT2D eigenvalue weighted by molar-refractivity contribution is -0.697. The van der Waals surface area contributed by atoms with Gasteiger partial charge in [-0.05, 0) is 70.7 Å². The number of aromatic nitrogens is 1. The van der Waals surface area contributed by atoms with Crippen LogP contribution < -0.4 is 9.30 Å². The van der Waals surface area contributed by atoms with Crippen molar-refractivity contribution in [3.8, 4) is 5.75 Å². The molecule has 0 aliphatic heterocycles. The molecule has 0 aliphatic carbocycles. The zero-order chi connectivity index (χ0) is 39.0. The van der Waals surface area contributed by atoms with Gasteiger partial charge in [-0.15, -0.1) is 0 Å². The highest BCUT2D eigenvalue weighted by Crippen LogP contribution is 2.44. The molecule has 3 rings (SSSR count). The maximum absolute atomic E-state index is 13.6. The molecule has 0 spiro atoms. The van der Waals surface area contributed by atoms with Gasteiger partial charge in [-0.3, -0.25) is 14.4 Å². The highest BCUT2D eigenvalue weighted by Gasteiger charge is 2.49. The molecule has 0 bridgehead atoms. The maximum atomic E-state index is 13.6. The number of ether oxygens (including phenoxy) is 5. The van der Waals surface area contributed by atoms with E-state index < -0.39 is 38.7 Å². The first-order valence-electron chi connectivity index (χ1n) is 18.0. The first kappa shape index (κ1) is 43.6. The first-order chi connectivity index (χ1) is 25.1. The van der Waals surface area contributed by atoms with Gasteiger partial charge in [-0.25, -0.2) is 4.57 Å². The summed E-state index contributed by atoms with van der Waals surface area (Å²) >= 11 is 3.52. The Bertz CT molecular complexity index is 1560. The second-order valence-corrected chi connectivity index (χ2v) is 16.1. The number of carbonyl (C=O) groups is 3. The third-order valence-corrected chi connectivity index (χ3v) is 9.44. The van der Waals surface area contributed by atoms with E-state index in [4.69, 9.17) is 28.8 Å². The van der Waals surface area contributed by atoms with Crippen LogP contribution in [0.25, 0.3) is 0 Å². The van der Waals surface area contributed by atoms with Gasteiger partial charge in [-0.1, -0.05) is 64.5 Å². The Labute approximate surface area is 321 Å². The molecule has 2 N–H and O–H groups in total. The van der Waals surface area contributed by atoms with Crippen LogP contribution >= 0.6 is 15.9 Å². The normalized spacial score (nSPS) is 14.9. The molecule has 0 saturated carbocycles. The van der Waals surface area contributed by atoms with Crippen molar-refractivity contribution >= 4 is 33.8 Å². The Kier molecular flexibility index (Phi) is 16.9. The molecule has 1 heterocycles. The van der Waals surface area contributed by atoms with Crippen LogP contribution in [-0.4, -0.2) is 78.7 Å². The predicted octanol–water partition coefficient (Wildman–Crippen LogP) is 5.69. The number of aliphatic hydroxyl groups excluding tert-OH is 1. The number of carbonyl (C=O) groups excluding carboxylic acids is 3. The zero-order valence-corrected chi connectivity index (χ0v) is 33.1. The third kappa shape index (κ3) is 13.8. The maximum Gasteiger partial charge on any atom is 0.322 e. The summed E-state index contributed by atoms with van der Waals surface area (Å²) in [6.07, 6.45) is 4.89. The highest BCUT2D eigenvalue weighted by atomic mass is 79.9. The Balaban J connectivity index is 1.55. The quantitative estimate of drug-likeness (QED) is 0.0404. The molecule has 0 radical (unpaired) electrons. The van der Waals surface area contributed by atoms with E-state index in [0.29, 0.717) is 31.7 Å². The van der Waals surface area contributed by atoms with E-state index >= 15 is 0 Å². The van der Waals surface area contributed by atoms with E-state index in [1.807, 2.05) is 77.6 Å². The number of hydrogen-bond acceptors (Lipinski definition) is 10. The first-order valence-corrected chi connectivity index (χ1v) is 18.7. The molecule has 1 aromatic heterocycles. The number of benzene rings is 2. The van der Waals surface area contributed by atoms with Crippen molar-refractivity contribution in [3.05, 3.63) is 96.3 Å². The summed E-state index contributed by atoms with van der Waals surface area (Å²) in [6.45, 7) is 9.65. The Morgan fingerprint density at radius 1 is 0.660 bits per heavy atom. The number of hydrogen-bond donors (Lipinski definition) is 2. The molecule has 2 aromatic carbocycles. The Morgan fingerprint density at radius 3 is 1.91 bits per heavy atom. The van der Waals surface area contributed by atoms with Crippen LogP contribution in [0, 0.1) is 10.8 Å². The minimum atomic E-state index is -1.31. The monoisotopic (exact) mass is 800 g/mol. The summed E-state index contributed by atoms with van der Waals surface area (Å²) in [5.74, 6) is -1.02. The Hall–Kier alpha value is -3.84. The lowest BCUT2D eigenvalue weighted by atomic mass is 9.69. The van der Waals surface area contributed by atoms with Gasteiger partial charge in [0.1, 0.15) is 22.3 Å². The van der Waals surface area contributed by atoms with E-state index in [-0.39, 0.29) is 52.5 Å². The lowest BCUT2D eigenvalue weighted by Crippen LogP contribution is -2.45. The molecule has 3 aromatic rings. The van der Waals surface area contributed by atoms with Gasteiger partial charge in [0.25, 0.3) is 0 Å². The molecular formula is C41H55BrNO10+. The Morgan fingerprint density at radius 2 is 1.25 bits per heavy atom. The summed E-state index contributed by atoms with van der Waals surface area (Å²) in [7, 11) is 0. The third-order valence-electron chi connectivity index (χ3n) is 8.84. The highest BCUT2D eigenvalue weighted by molar-refractivity contribution is 9.10. The van der Waals surface area contributed by atoms with Gasteiger partial charge in [-0.2, -0.15) is 0 Å².